The first-order valence-corrected chi connectivity index (χ1v) is 30.6. The molecular weight excluding hydrogens is 425 g/mol. The molecule has 0 aromatic carbocycles. The van der Waals surface area contributed by atoms with Gasteiger partial charge in [-0.2, -0.15) is 0 Å². The standard InChI is InChI=1S/C16H38O4Si6/c1-21(2)15(13(17)18)23(5,6)25(9,10)16(14(19)20,22(21,3)4)26(11,12)24(15,7)8/h1-12H3,(H,17,18)(H,19,20). The molecule has 26 heavy (non-hydrogen) atoms. The van der Waals surface area contributed by atoms with Gasteiger partial charge in [-0.3, -0.25) is 9.59 Å². The highest BCUT2D eigenvalue weighted by Gasteiger charge is 2.96. The molecule has 3 aliphatic heterocycles. The van der Waals surface area contributed by atoms with Gasteiger partial charge in [0, 0.05) is 8.57 Å². The van der Waals surface area contributed by atoms with Crippen LogP contribution in [0.5, 0.6) is 0 Å². The van der Waals surface area contributed by atoms with Gasteiger partial charge in [-0.25, -0.2) is 0 Å². The lowest BCUT2D eigenvalue weighted by Gasteiger charge is -2.86. The van der Waals surface area contributed by atoms with Crippen LogP contribution < -0.4 is 0 Å². The number of carbonyl (C=O) groups is 2. The van der Waals surface area contributed by atoms with Crippen molar-refractivity contribution in [2.75, 3.05) is 0 Å². The van der Waals surface area contributed by atoms with Crippen LogP contribution in [0.15, 0.2) is 0 Å². The SMILES string of the molecule is C[Si]1(C)C2(C(=O)O)[Si](C)(C)[Si](C)(C)C(C(=O)O)([Si]1(C)C)[Si](C)(C)[Si]2(C)C. The Labute approximate surface area is 164 Å². The Bertz CT molecular complexity index is 575. The molecule has 2 bridgehead atoms. The van der Waals surface area contributed by atoms with E-state index >= 15 is 0 Å². The number of hydrogen-bond donors (Lipinski definition) is 2. The first-order chi connectivity index (χ1) is 11.1. The van der Waals surface area contributed by atoms with Crippen LogP contribution in [-0.4, -0.2) is 67.7 Å². The zero-order valence-corrected chi connectivity index (χ0v) is 24.7. The molecular formula is C16H38O4Si6. The third-order valence-electron chi connectivity index (χ3n) is 11.0. The predicted molar refractivity (Wildman–Crippen MR) is 126 cm³/mol. The highest BCUT2D eigenvalue weighted by Crippen LogP contribution is 2.79. The fraction of sp³-hybridized carbons (Fsp3) is 0.875. The summed E-state index contributed by atoms with van der Waals surface area (Å²) in [5.74, 6) is -1.05. The monoisotopic (exact) mass is 462 g/mol. The molecule has 0 atom stereocenters. The molecule has 0 spiro atoms. The summed E-state index contributed by atoms with van der Waals surface area (Å²) < 4.78 is -1.02. The lowest BCUT2D eigenvalue weighted by Crippen LogP contribution is -3.05. The zero-order valence-electron chi connectivity index (χ0n) is 18.7. The Balaban J connectivity index is 3.34. The van der Waals surface area contributed by atoms with Crippen LogP contribution in [0, 0.1) is 0 Å². The third kappa shape index (κ3) is 1.51. The Morgan fingerprint density at radius 3 is 0.654 bits per heavy atom. The molecule has 3 saturated heterocycles. The highest BCUT2D eigenvalue weighted by atomic mass is 29.4. The van der Waals surface area contributed by atoms with Gasteiger partial charge in [-0.05, 0) is 0 Å². The number of rotatable bonds is 2. The highest BCUT2D eigenvalue weighted by molar-refractivity contribution is 7.80. The molecule has 0 aliphatic carbocycles. The van der Waals surface area contributed by atoms with Crippen LogP contribution in [0.1, 0.15) is 0 Å². The second-order valence-electron chi connectivity index (χ2n) is 11.9. The number of fused-ring (bicyclic) bond motifs is 3. The van der Waals surface area contributed by atoms with E-state index in [1.165, 1.54) is 0 Å². The Morgan fingerprint density at radius 1 is 0.462 bits per heavy atom. The van der Waals surface area contributed by atoms with E-state index in [0.717, 1.165) is 0 Å². The Morgan fingerprint density at radius 2 is 0.577 bits per heavy atom. The van der Waals surface area contributed by atoms with E-state index in [9.17, 15) is 19.8 Å². The average molecular weight is 463 g/mol. The zero-order chi connectivity index (χ0) is 21.2. The van der Waals surface area contributed by atoms with Crippen molar-refractivity contribution >= 4 is 57.5 Å². The molecule has 0 aromatic heterocycles. The van der Waals surface area contributed by atoms with Crippen molar-refractivity contribution in [3.8, 4) is 0 Å². The minimum atomic E-state index is -2.34. The summed E-state index contributed by atoms with van der Waals surface area (Å²) in [4.78, 5) is 26.7. The maximum Gasteiger partial charge on any atom is 0.300 e. The second kappa shape index (κ2) is 5.04. The van der Waals surface area contributed by atoms with E-state index in [4.69, 9.17) is 0 Å². The summed E-state index contributed by atoms with van der Waals surface area (Å²) in [6.45, 7) is 27.5. The van der Waals surface area contributed by atoms with E-state index in [1.807, 2.05) is 0 Å². The Hall–Kier alpha value is 0.241. The van der Waals surface area contributed by atoms with Crippen molar-refractivity contribution < 1.29 is 19.8 Å². The normalized spacial score (nSPS) is 40.0. The molecule has 4 nitrogen and oxygen atoms in total. The molecule has 3 rings (SSSR count). The molecule has 10 heteroatoms. The molecule has 0 saturated carbocycles. The van der Waals surface area contributed by atoms with Gasteiger partial charge in [0.1, 0.15) is 0 Å². The number of aliphatic carboxylic acids is 2. The number of carboxylic acids is 2. The first kappa shape index (κ1) is 22.5. The molecule has 3 fully saturated rings. The van der Waals surface area contributed by atoms with Gasteiger partial charge in [0.05, 0.1) is 45.5 Å². The summed E-state index contributed by atoms with van der Waals surface area (Å²) in [7, 11) is -14.1. The maximum absolute atomic E-state index is 13.3. The summed E-state index contributed by atoms with van der Waals surface area (Å²) in [5.41, 5.74) is 0. The van der Waals surface area contributed by atoms with Gasteiger partial charge in [0.15, 0.2) is 0 Å². The largest absolute Gasteiger partial charge is 0.481 e. The van der Waals surface area contributed by atoms with E-state index in [-0.39, 0.29) is 0 Å². The average Bonchev–Trinajstić information content (AvgIpc) is 2.33. The minimum Gasteiger partial charge on any atom is -0.481 e. The van der Waals surface area contributed by atoms with Gasteiger partial charge < -0.3 is 10.2 Å². The van der Waals surface area contributed by atoms with Gasteiger partial charge in [0.2, 0.25) is 0 Å². The fourth-order valence-corrected chi connectivity index (χ4v) is 148. The number of carboxylic acid groups (broad SMARTS) is 2. The lowest BCUT2D eigenvalue weighted by molar-refractivity contribution is -0.138. The van der Waals surface area contributed by atoms with E-state index < -0.39 is 66.1 Å². The molecule has 3 aliphatic rings. The topological polar surface area (TPSA) is 74.6 Å². The van der Waals surface area contributed by atoms with Gasteiger partial charge in [-0.1, -0.05) is 78.6 Å². The van der Waals surface area contributed by atoms with Crippen LogP contribution in [0.2, 0.25) is 87.1 Å². The lowest BCUT2D eigenvalue weighted by atomic mass is 10.8. The van der Waals surface area contributed by atoms with Gasteiger partial charge >= 0.3 is 11.9 Å². The smallest absolute Gasteiger partial charge is 0.300 e. The van der Waals surface area contributed by atoms with Crippen LogP contribution in [0.4, 0.5) is 0 Å². The fourth-order valence-electron chi connectivity index (χ4n) is 9.10. The maximum atomic E-state index is 13.3. The van der Waals surface area contributed by atoms with E-state index in [2.05, 4.69) is 78.6 Å². The molecule has 150 valence electrons. The molecule has 0 aromatic rings. The van der Waals surface area contributed by atoms with Crippen LogP contribution in [0.3, 0.4) is 0 Å². The molecule has 3 heterocycles. The van der Waals surface area contributed by atoms with Gasteiger partial charge in [0.25, 0.3) is 0 Å². The molecule has 2 N–H and O–H groups in total. The molecule has 0 unspecified atom stereocenters. The number of hydrogen-bond acceptors (Lipinski definition) is 2. The van der Waals surface area contributed by atoms with Crippen molar-refractivity contribution in [2.24, 2.45) is 0 Å². The van der Waals surface area contributed by atoms with Crippen LogP contribution in [0.25, 0.3) is 0 Å². The first-order valence-electron chi connectivity index (χ1n) is 9.61. The van der Waals surface area contributed by atoms with Crippen molar-refractivity contribution in [2.45, 2.75) is 87.1 Å². The van der Waals surface area contributed by atoms with E-state index in [1.54, 1.807) is 0 Å². The van der Waals surface area contributed by atoms with Crippen molar-refractivity contribution in [1.29, 1.82) is 0 Å². The summed E-state index contributed by atoms with van der Waals surface area (Å²) >= 11 is 0. The summed E-state index contributed by atoms with van der Waals surface area (Å²) in [6, 6.07) is 0. The Kier molecular flexibility index (Phi) is 4.37. The third-order valence-corrected chi connectivity index (χ3v) is 99.2. The summed E-state index contributed by atoms with van der Waals surface area (Å²) in [5, 5.41) is 21.9. The molecule has 0 amide bonds. The van der Waals surface area contributed by atoms with Gasteiger partial charge in [-0.15, -0.1) is 0 Å². The van der Waals surface area contributed by atoms with Crippen molar-refractivity contribution in [3.05, 3.63) is 0 Å². The predicted octanol–water partition coefficient (Wildman–Crippen LogP) is 4.31. The van der Waals surface area contributed by atoms with E-state index in [0.29, 0.717) is 0 Å². The van der Waals surface area contributed by atoms with Crippen LogP contribution in [-0.2, 0) is 9.59 Å². The van der Waals surface area contributed by atoms with Crippen molar-refractivity contribution in [1.82, 2.24) is 0 Å². The second-order valence-corrected chi connectivity index (χ2v) is 61.4. The molecule has 0 radical (unpaired) electrons. The minimum absolute atomic E-state index is 0.509. The van der Waals surface area contributed by atoms with Crippen LogP contribution >= 0.6 is 0 Å². The van der Waals surface area contributed by atoms with Crippen molar-refractivity contribution in [3.63, 3.8) is 0 Å². The summed E-state index contributed by atoms with van der Waals surface area (Å²) in [6.07, 6.45) is 0. The quantitative estimate of drug-likeness (QED) is 0.600.